The van der Waals surface area contributed by atoms with Crippen LogP contribution in [0.5, 0.6) is 0 Å². The second-order valence-electron chi connectivity index (χ2n) is 5.07. The van der Waals surface area contributed by atoms with Crippen LogP contribution in [0.25, 0.3) is 10.2 Å². The van der Waals surface area contributed by atoms with Gasteiger partial charge in [0.25, 0.3) is 5.91 Å². The lowest BCUT2D eigenvalue weighted by atomic mass is 10.2. The molecule has 0 aliphatic heterocycles. The van der Waals surface area contributed by atoms with Crippen LogP contribution in [-0.2, 0) is 4.79 Å². The molecule has 0 aliphatic carbocycles. The summed E-state index contributed by atoms with van der Waals surface area (Å²) in [6.45, 7) is 1.79. The minimum atomic E-state index is -0.189. The third-order valence-electron chi connectivity index (χ3n) is 3.30. The van der Waals surface area contributed by atoms with Crippen molar-refractivity contribution in [3.8, 4) is 0 Å². The number of anilines is 2. The van der Waals surface area contributed by atoms with Gasteiger partial charge in [0.2, 0.25) is 5.91 Å². The number of benzene rings is 2. The maximum absolute atomic E-state index is 12.3. The Bertz CT molecular complexity index is 923. The molecule has 0 radical (unpaired) electrons. The molecule has 0 saturated heterocycles. The molecule has 0 atom stereocenters. The Hall–Kier alpha value is -2.25. The summed E-state index contributed by atoms with van der Waals surface area (Å²) in [6.07, 6.45) is 0.407. The first-order chi connectivity index (χ1) is 11.5. The smallest absolute Gasteiger partial charge is 0.255 e. The van der Waals surface area contributed by atoms with Crippen molar-refractivity contribution in [1.29, 1.82) is 0 Å². The molecule has 0 aliphatic rings. The quantitative estimate of drug-likeness (QED) is 0.665. The highest BCUT2D eigenvalue weighted by molar-refractivity contribution is 9.10. The minimum Gasteiger partial charge on any atom is -0.322 e. The van der Waals surface area contributed by atoms with Gasteiger partial charge in [0, 0.05) is 22.1 Å². The molecule has 2 aromatic carbocycles. The van der Waals surface area contributed by atoms with Crippen LogP contribution in [0.2, 0.25) is 0 Å². The first-order valence-electron chi connectivity index (χ1n) is 7.32. The number of carbonyl (C=O) groups excluding carboxylic acids is 2. The number of amides is 2. The summed E-state index contributed by atoms with van der Waals surface area (Å²) in [5.74, 6) is -0.261. The van der Waals surface area contributed by atoms with Crippen LogP contribution in [0.4, 0.5) is 10.8 Å². The third kappa shape index (κ3) is 3.80. The Morgan fingerprint density at radius 3 is 2.75 bits per heavy atom. The molecule has 0 saturated carbocycles. The third-order valence-corrected chi connectivity index (χ3v) is 4.74. The molecule has 0 unspecified atom stereocenters. The Balaban J connectivity index is 1.80. The average molecular weight is 404 g/mol. The number of nitrogens with one attached hydrogen (secondary N) is 2. The van der Waals surface area contributed by atoms with Gasteiger partial charge >= 0.3 is 0 Å². The van der Waals surface area contributed by atoms with Gasteiger partial charge in [-0.15, -0.1) is 0 Å². The van der Waals surface area contributed by atoms with Crippen LogP contribution in [0, 0.1) is 0 Å². The molecule has 2 N–H and O–H groups in total. The number of rotatable bonds is 4. The van der Waals surface area contributed by atoms with Crippen molar-refractivity contribution in [3.63, 3.8) is 0 Å². The Kier molecular flexibility index (Phi) is 4.92. The Morgan fingerprint density at radius 2 is 2.00 bits per heavy atom. The molecule has 122 valence electrons. The molecule has 1 heterocycles. The van der Waals surface area contributed by atoms with Crippen molar-refractivity contribution in [2.45, 2.75) is 13.3 Å². The van der Waals surface area contributed by atoms with Crippen molar-refractivity contribution in [1.82, 2.24) is 4.98 Å². The fourth-order valence-corrected chi connectivity index (χ4v) is 3.36. The van der Waals surface area contributed by atoms with E-state index in [4.69, 9.17) is 0 Å². The number of nitrogens with zero attached hydrogens (tertiary/aromatic N) is 1. The van der Waals surface area contributed by atoms with E-state index < -0.39 is 0 Å². The number of carbonyl (C=O) groups is 2. The predicted octanol–water partition coefficient (Wildman–Crippen LogP) is 4.66. The summed E-state index contributed by atoms with van der Waals surface area (Å²) in [4.78, 5) is 28.1. The number of aromatic nitrogens is 1. The zero-order chi connectivity index (χ0) is 17.1. The maximum Gasteiger partial charge on any atom is 0.255 e. The van der Waals surface area contributed by atoms with Crippen LogP contribution in [0.1, 0.15) is 23.7 Å². The summed E-state index contributed by atoms with van der Waals surface area (Å²) in [7, 11) is 0. The zero-order valence-electron chi connectivity index (χ0n) is 12.8. The molecule has 0 bridgehead atoms. The molecule has 0 spiro atoms. The highest BCUT2D eigenvalue weighted by Gasteiger charge is 2.10. The number of fused-ring (bicyclic) bond motifs is 1. The first kappa shape index (κ1) is 16.6. The molecule has 2 amide bonds. The van der Waals surface area contributed by atoms with E-state index in [1.54, 1.807) is 25.1 Å². The van der Waals surface area contributed by atoms with Gasteiger partial charge in [-0.3, -0.25) is 9.59 Å². The molecule has 24 heavy (non-hydrogen) atoms. The largest absolute Gasteiger partial charge is 0.322 e. The number of hydrogen-bond donors (Lipinski definition) is 2. The van der Waals surface area contributed by atoms with E-state index in [-0.39, 0.29) is 11.8 Å². The Labute approximate surface area is 151 Å². The van der Waals surface area contributed by atoms with E-state index >= 15 is 0 Å². The van der Waals surface area contributed by atoms with Crippen molar-refractivity contribution in [3.05, 3.63) is 52.5 Å². The van der Waals surface area contributed by atoms with E-state index in [1.807, 2.05) is 24.3 Å². The Morgan fingerprint density at radius 1 is 1.17 bits per heavy atom. The van der Waals surface area contributed by atoms with E-state index in [0.717, 1.165) is 14.7 Å². The number of halogens is 1. The molecular weight excluding hydrogens is 390 g/mol. The van der Waals surface area contributed by atoms with Gasteiger partial charge < -0.3 is 10.6 Å². The van der Waals surface area contributed by atoms with E-state index in [9.17, 15) is 9.59 Å². The van der Waals surface area contributed by atoms with Crippen LogP contribution in [0.3, 0.4) is 0 Å². The average Bonchev–Trinajstić information content (AvgIpc) is 2.96. The van der Waals surface area contributed by atoms with E-state index in [0.29, 0.717) is 22.8 Å². The summed E-state index contributed by atoms with van der Waals surface area (Å²) >= 11 is 4.76. The van der Waals surface area contributed by atoms with Gasteiger partial charge in [-0.25, -0.2) is 4.98 Å². The fourth-order valence-electron chi connectivity index (χ4n) is 2.10. The second kappa shape index (κ2) is 7.11. The highest BCUT2D eigenvalue weighted by atomic mass is 79.9. The summed E-state index contributed by atoms with van der Waals surface area (Å²) in [6, 6.07) is 12.7. The monoisotopic (exact) mass is 403 g/mol. The van der Waals surface area contributed by atoms with Crippen LogP contribution in [0.15, 0.2) is 46.9 Å². The zero-order valence-corrected chi connectivity index (χ0v) is 15.2. The fraction of sp³-hybridized carbons (Fsp3) is 0.118. The maximum atomic E-state index is 12.3. The highest BCUT2D eigenvalue weighted by Crippen LogP contribution is 2.28. The van der Waals surface area contributed by atoms with Crippen molar-refractivity contribution < 1.29 is 9.59 Å². The second-order valence-corrected chi connectivity index (χ2v) is 7.01. The first-order valence-corrected chi connectivity index (χ1v) is 8.93. The molecule has 7 heteroatoms. The van der Waals surface area contributed by atoms with Crippen LogP contribution < -0.4 is 10.6 Å². The molecule has 1 aromatic heterocycles. The predicted molar refractivity (Wildman–Crippen MR) is 101 cm³/mol. The van der Waals surface area contributed by atoms with Gasteiger partial charge in [0.1, 0.15) is 0 Å². The van der Waals surface area contributed by atoms with Gasteiger partial charge in [0.15, 0.2) is 5.13 Å². The lowest BCUT2D eigenvalue weighted by molar-refractivity contribution is -0.115. The lowest BCUT2D eigenvalue weighted by Crippen LogP contribution is -2.11. The van der Waals surface area contributed by atoms with Crippen molar-refractivity contribution >= 4 is 60.1 Å². The van der Waals surface area contributed by atoms with Crippen molar-refractivity contribution in [2.24, 2.45) is 0 Å². The molecular formula is C17H14BrN3O2S. The number of hydrogen-bond acceptors (Lipinski definition) is 4. The SMILES string of the molecule is CCC(=O)Nc1nc2cc(NC(=O)c3cccc(Br)c3)ccc2s1. The van der Waals surface area contributed by atoms with Crippen LogP contribution in [-0.4, -0.2) is 16.8 Å². The molecule has 3 rings (SSSR count). The van der Waals surface area contributed by atoms with E-state index in [1.165, 1.54) is 11.3 Å². The standard InChI is InChI=1S/C17H14BrN3O2S/c1-2-15(22)21-17-20-13-9-12(6-7-14(13)24-17)19-16(23)10-4-3-5-11(18)8-10/h3-9H,2H2,1H3,(H,19,23)(H,20,21,22). The number of thiazole rings is 1. The van der Waals surface area contributed by atoms with Gasteiger partial charge in [0.05, 0.1) is 10.2 Å². The topological polar surface area (TPSA) is 71.1 Å². The van der Waals surface area contributed by atoms with Crippen LogP contribution >= 0.6 is 27.3 Å². The summed E-state index contributed by atoms with van der Waals surface area (Å²) in [5, 5.41) is 6.17. The van der Waals surface area contributed by atoms with Gasteiger partial charge in [-0.2, -0.15) is 0 Å². The lowest BCUT2D eigenvalue weighted by Gasteiger charge is -2.05. The van der Waals surface area contributed by atoms with Crippen molar-refractivity contribution in [2.75, 3.05) is 10.6 Å². The minimum absolute atomic E-state index is 0.0720. The van der Waals surface area contributed by atoms with Gasteiger partial charge in [-0.05, 0) is 36.4 Å². The molecule has 3 aromatic rings. The van der Waals surface area contributed by atoms with E-state index in [2.05, 4.69) is 31.5 Å². The summed E-state index contributed by atoms with van der Waals surface area (Å²) in [5.41, 5.74) is 1.96. The molecule has 5 nitrogen and oxygen atoms in total. The summed E-state index contributed by atoms with van der Waals surface area (Å²) < 4.78 is 1.79. The molecule has 0 fully saturated rings. The van der Waals surface area contributed by atoms with Gasteiger partial charge in [-0.1, -0.05) is 40.3 Å². The normalized spacial score (nSPS) is 10.6.